The molecule has 1 aromatic heterocycles. The number of hydrogen-bond acceptors (Lipinski definition) is 2. The SMILES string of the molecule is C=CC(=C)/C(C=N)=C\C(=C)C(=C)/C=c1/cnccc1=C. The second-order valence-electron chi connectivity index (χ2n) is 4.24. The van der Waals surface area contributed by atoms with Gasteiger partial charge in [0.05, 0.1) is 0 Å². The van der Waals surface area contributed by atoms with E-state index in [0.717, 1.165) is 16.0 Å². The highest BCUT2D eigenvalue weighted by molar-refractivity contribution is 5.85. The largest absolute Gasteiger partial charge is 0.308 e. The topological polar surface area (TPSA) is 36.7 Å². The van der Waals surface area contributed by atoms with E-state index in [1.54, 1.807) is 24.5 Å². The quantitative estimate of drug-likeness (QED) is 0.621. The maximum Gasteiger partial charge on any atom is 0.0346 e. The number of pyridine rings is 1. The molecule has 1 heterocycles. The number of hydrogen-bond donors (Lipinski definition) is 1. The Morgan fingerprint density at radius 2 is 1.85 bits per heavy atom. The third kappa shape index (κ3) is 3.89. The molecule has 100 valence electrons. The van der Waals surface area contributed by atoms with Crippen LogP contribution >= 0.6 is 0 Å². The minimum atomic E-state index is 0.653. The Balaban J connectivity index is 3.11. The molecule has 0 aliphatic rings. The molecule has 0 aromatic carbocycles. The van der Waals surface area contributed by atoms with Gasteiger partial charge in [0.15, 0.2) is 0 Å². The molecule has 0 saturated heterocycles. The molecule has 0 unspecified atom stereocenters. The van der Waals surface area contributed by atoms with Gasteiger partial charge in [0.25, 0.3) is 0 Å². The van der Waals surface area contributed by atoms with Crippen LogP contribution in [-0.4, -0.2) is 11.2 Å². The summed E-state index contributed by atoms with van der Waals surface area (Å²) in [5.74, 6) is 0. The van der Waals surface area contributed by atoms with Gasteiger partial charge in [-0.3, -0.25) is 4.98 Å². The van der Waals surface area contributed by atoms with Crippen LogP contribution < -0.4 is 10.4 Å². The molecule has 1 N–H and O–H groups in total. The van der Waals surface area contributed by atoms with Crippen molar-refractivity contribution in [2.24, 2.45) is 0 Å². The zero-order valence-electron chi connectivity index (χ0n) is 11.5. The zero-order chi connectivity index (χ0) is 15.1. The molecule has 2 heteroatoms. The summed E-state index contributed by atoms with van der Waals surface area (Å²) >= 11 is 0. The first-order valence-electron chi connectivity index (χ1n) is 6.02. The van der Waals surface area contributed by atoms with Crippen LogP contribution in [0.4, 0.5) is 0 Å². The standard InChI is InChI=1S/C18H18N2/c1-6-13(2)17(11-19)9-15(4)16(5)10-18-12-20-8-7-14(18)3/h6-12,19H,1-5H2/b17-9-,18-10-,19-11?. The smallest absolute Gasteiger partial charge is 0.0346 e. The van der Waals surface area contributed by atoms with E-state index in [1.807, 2.05) is 12.1 Å². The van der Waals surface area contributed by atoms with Crippen molar-refractivity contribution in [3.05, 3.63) is 89.7 Å². The maximum atomic E-state index is 7.38. The predicted molar refractivity (Wildman–Crippen MR) is 88.0 cm³/mol. The monoisotopic (exact) mass is 262 g/mol. The van der Waals surface area contributed by atoms with E-state index in [-0.39, 0.29) is 0 Å². The molecule has 0 bridgehead atoms. The second-order valence-corrected chi connectivity index (χ2v) is 4.24. The van der Waals surface area contributed by atoms with Crippen LogP contribution in [0, 0.1) is 5.41 Å². The Morgan fingerprint density at radius 1 is 1.15 bits per heavy atom. The molecule has 0 spiro atoms. The summed E-state index contributed by atoms with van der Waals surface area (Å²) in [6.45, 7) is 19.3. The van der Waals surface area contributed by atoms with Crippen LogP contribution in [0.2, 0.25) is 0 Å². The summed E-state index contributed by atoms with van der Waals surface area (Å²) in [4.78, 5) is 4.06. The summed E-state index contributed by atoms with van der Waals surface area (Å²) in [7, 11) is 0. The van der Waals surface area contributed by atoms with E-state index < -0.39 is 0 Å². The predicted octanol–water partition coefficient (Wildman–Crippen LogP) is 2.70. The van der Waals surface area contributed by atoms with E-state index in [1.165, 1.54) is 6.21 Å². The van der Waals surface area contributed by atoms with Gasteiger partial charge in [0, 0.05) is 18.6 Å². The molecular weight excluding hydrogens is 244 g/mol. The van der Waals surface area contributed by atoms with E-state index in [0.29, 0.717) is 16.7 Å². The van der Waals surface area contributed by atoms with Gasteiger partial charge in [0.1, 0.15) is 0 Å². The molecular formula is C18H18N2. The first-order valence-corrected chi connectivity index (χ1v) is 6.02. The number of rotatable bonds is 6. The van der Waals surface area contributed by atoms with Gasteiger partial charge in [-0.25, -0.2) is 0 Å². The van der Waals surface area contributed by atoms with Crippen LogP contribution in [0.1, 0.15) is 0 Å². The Kier molecular flexibility index (Phi) is 5.36. The van der Waals surface area contributed by atoms with E-state index in [4.69, 9.17) is 5.41 Å². The fourth-order valence-electron chi connectivity index (χ4n) is 1.47. The summed E-state index contributed by atoms with van der Waals surface area (Å²) in [5, 5.41) is 9.15. The van der Waals surface area contributed by atoms with Gasteiger partial charge in [-0.15, -0.1) is 0 Å². The second kappa shape index (κ2) is 7.00. The fraction of sp³-hybridized carbons (Fsp3) is 0. The van der Waals surface area contributed by atoms with E-state index in [9.17, 15) is 0 Å². The summed E-state index contributed by atoms with van der Waals surface area (Å²) in [5.41, 5.74) is 2.77. The molecule has 0 amide bonds. The maximum absolute atomic E-state index is 7.38. The molecule has 0 aliphatic heterocycles. The zero-order valence-corrected chi connectivity index (χ0v) is 11.5. The highest BCUT2D eigenvalue weighted by Gasteiger charge is 1.99. The molecule has 1 rings (SSSR count). The Morgan fingerprint density at radius 3 is 2.40 bits per heavy atom. The normalized spacial score (nSPS) is 11.8. The highest BCUT2D eigenvalue weighted by atomic mass is 14.6. The lowest BCUT2D eigenvalue weighted by Crippen LogP contribution is -2.23. The molecule has 0 atom stereocenters. The van der Waals surface area contributed by atoms with Gasteiger partial charge >= 0.3 is 0 Å². The van der Waals surface area contributed by atoms with E-state index in [2.05, 4.69) is 37.9 Å². The van der Waals surface area contributed by atoms with Crippen LogP contribution in [0.15, 0.2) is 79.2 Å². The molecule has 0 aliphatic carbocycles. The van der Waals surface area contributed by atoms with Crippen molar-refractivity contribution < 1.29 is 0 Å². The minimum Gasteiger partial charge on any atom is -0.308 e. The van der Waals surface area contributed by atoms with Gasteiger partial charge in [-0.1, -0.05) is 39.0 Å². The average molecular weight is 262 g/mol. The highest BCUT2D eigenvalue weighted by Crippen LogP contribution is 2.14. The molecule has 0 saturated carbocycles. The average Bonchev–Trinajstić information content (AvgIpc) is 2.45. The van der Waals surface area contributed by atoms with Crippen molar-refractivity contribution in [1.82, 2.24) is 4.98 Å². The van der Waals surface area contributed by atoms with Crippen LogP contribution in [0.25, 0.3) is 12.7 Å². The van der Waals surface area contributed by atoms with Crippen LogP contribution in [-0.2, 0) is 0 Å². The van der Waals surface area contributed by atoms with Crippen LogP contribution in [0.3, 0.4) is 0 Å². The molecule has 0 fully saturated rings. The third-order valence-electron chi connectivity index (χ3n) is 2.79. The van der Waals surface area contributed by atoms with Crippen molar-refractivity contribution in [2.75, 3.05) is 0 Å². The number of nitrogens with zero attached hydrogens (tertiary/aromatic N) is 1. The first kappa shape index (κ1) is 15.3. The van der Waals surface area contributed by atoms with Gasteiger partial charge in [0.2, 0.25) is 0 Å². The molecule has 0 radical (unpaired) electrons. The molecule has 1 aromatic rings. The summed E-state index contributed by atoms with van der Waals surface area (Å²) in [6.07, 6.45) is 9.87. The Hall–Kier alpha value is -2.74. The van der Waals surface area contributed by atoms with Gasteiger partial charge < -0.3 is 5.41 Å². The van der Waals surface area contributed by atoms with Crippen molar-refractivity contribution in [3.8, 4) is 0 Å². The Bertz CT molecular complexity index is 718. The number of aromatic nitrogens is 1. The molecule has 2 nitrogen and oxygen atoms in total. The van der Waals surface area contributed by atoms with Gasteiger partial charge in [-0.2, -0.15) is 0 Å². The minimum absolute atomic E-state index is 0.653. The van der Waals surface area contributed by atoms with Crippen molar-refractivity contribution in [2.45, 2.75) is 0 Å². The summed E-state index contributed by atoms with van der Waals surface area (Å²) in [6, 6.07) is 1.83. The summed E-state index contributed by atoms with van der Waals surface area (Å²) < 4.78 is 0. The molecule has 20 heavy (non-hydrogen) atoms. The van der Waals surface area contributed by atoms with Gasteiger partial charge in [-0.05, 0) is 50.9 Å². The van der Waals surface area contributed by atoms with E-state index >= 15 is 0 Å². The first-order chi connectivity index (χ1) is 9.49. The van der Waals surface area contributed by atoms with Crippen molar-refractivity contribution >= 4 is 18.9 Å². The lowest BCUT2D eigenvalue weighted by atomic mass is 10.0. The lowest BCUT2D eigenvalue weighted by Gasteiger charge is -2.04. The Labute approximate surface area is 119 Å². The van der Waals surface area contributed by atoms with Crippen molar-refractivity contribution in [1.29, 1.82) is 5.41 Å². The number of nitrogens with one attached hydrogen (secondary N) is 1. The van der Waals surface area contributed by atoms with Crippen LogP contribution in [0.5, 0.6) is 0 Å². The third-order valence-corrected chi connectivity index (χ3v) is 2.79. The number of allylic oxidation sites excluding steroid dienone is 6. The fourth-order valence-corrected chi connectivity index (χ4v) is 1.47. The van der Waals surface area contributed by atoms with Crippen molar-refractivity contribution in [3.63, 3.8) is 0 Å². The lowest BCUT2D eigenvalue weighted by molar-refractivity contribution is 1.27.